The summed E-state index contributed by atoms with van der Waals surface area (Å²) in [6.45, 7) is 12.6. The molecule has 1 aliphatic heterocycles. The molecule has 2 atom stereocenters. The number of ether oxygens (including phenoxy) is 1. The molecule has 1 aliphatic rings. The molecule has 0 saturated carbocycles. The highest BCUT2D eigenvalue weighted by atomic mass is 32.2. The van der Waals surface area contributed by atoms with Crippen molar-refractivity contribution < 1.29 is 13.2 Å². The van der Waals surface area contributed by atoms with Gasteiger partial charge in [-0.1, -0.05) is 33.4 Å². The molecule has 0 aliphatic carbocycles. The van der Waals surface area contributed by atoms with Crippen molar-refractivity contribution in [2.24, 2.45) is 5.41 Å². The number of nitrogens with zero attached hydrogens (tertiary/aromatic N) is 4. The Labute approximate surface area is 206 Å². The standard InChI is InChI=1S/C24H33N7O3S/c1-6-35(32,33)30-18-11-9-10-17(14-18)27-23-28-21(26-16(2)24(3,4)5)20-22(29-23)31(15-25-20)19-12-7-8-13-34-19/h6,9-11,14-16,19,30H,1,7-8,12-13H2,2-5H3,(H2,26,27,28,29)/t16-,19?/m1/s1. The van der Waals surface area contributed by atoms with E-state index >= 15 is 0 Å². The summed E-state index contributed by atoms with van der Waals surface area (Å²) in [7, 11) is -3.62. The normalized spacial score (nSPS) is 17.7. The third-order valence-corrected chi connectivity index (χ3v) is 7.10. The van der Waals surface area contributed by atoms with Crippen molar-refractivity contribution in [1.82, 2.24) is 19.5 Å². The first-order valence-electron chi connectivity index (χ1n) is 11.7. The Morgan fingerprint density at radius 2 is 2.00 bits per heavy atom. The van der Waals surface area contributed by atoms with Crippen LogP contribution in [0.1, 0.15) is 53.2 Å². The van der Waals surface area contributed by atoms with Crippen LogP contribution in [0.15, 0.2) is 42.6 Å². The molecule has 35 heavy (non-hydrogen) atoms. The van der Waals surface area contributed by atoms with E-state index < -0.39 is 10.0 Å². The van der Waals surface area contributed by atoms with Crippen molar-refractivity contribution in [1.29, 1.82) is 0 Å². The molecular weight excluding hydrogens is 466 g/mol. The van der Waals surface area contributed by atoms with E-state index in [0.717, 1.165) is 24.7 Å². The van der Waals surface area contributed by atoms with Gasteiger partial charge in [-0.3, -0.25) is 9.29 Å². The van der Waals surface area contributed by atoms with Crippen LogP contribution in [0.4, 0.5) is 23.1 Å². The molecule has 3 heterocycles. The van der Waals surface area contributed by atoms with Crippen molar-refractivity contribution >= 4 is 44.3 Å². The van der Waals surface area contributed by atoms with E-state index in [-0.39, 0.29) is 17.7 Å². The maximum absolute atomic E-state index is 11.9. The average Bonchev–Trinajstić information content (AvgIpc) is 3.23. The minimum absolute atomic E-state index is 0.00342. The van der Waals surface area contributed by atoms with Crippen molar-refractivity contribution in [3.05, 3.63) is 42.6 Å². The zero-order valence-corrected chi connectivity index (χ0v) is 21.4. The van der Waals surface area contributed by atoms with Gasteiger partial charge in [0.15, 0.2) is 17.0 Å². The van der Waals surface area contributed by atoms with E-state index in [0.29, 0.717) is 40.9 Å². The molecule has 0 bridgehead atoms. The van der Waals surface area contributed by atoms with Crippen LogP contribution in [-0.4, -0.2) is 40.6 Å². The van der Waals surface area contributed by atoms with Crippen LogP contribution in [0.25, 0.3) is 11.2 Å². The quantitative estimate of drug-likeness (QED) is 0.396. The lowest BCUT2D eigenvalue weighted by Gasteiger charge is -2.28. The van der Waals surface area contributed by atoms with Crippen LogP contribution in [0.3, 0.4) is 0 Å². The maximum atomic E-state index is 11.9. The van der Waals surface area contributed by atoms with Crippen LogP contribution >= 0.6 is 0 Å². The van der Waals surface area contributed by atoms with Crippen molar-refractivity contribution in [2.45, 2.75) is 59.2 Å². The number of benzene rings is 1. The zero-order valence-electron chi connectivity index (χ0n) is 20.6. The summed E-state index contributed by atoms with van der Waals surface area (Å²) in [5.41, 5.74) is 2.37. The Bertz CT molecular complexity index is 1310. The van der Waals surface area contributed by atoms with Gasteiger partial charge in [0.05, 0.1) is 12.0 Å². The third-order valence-electron chi connectivity index (χ3n) is 6.14. The summed E-state index contributed by atoms with van der Waals surface area (Å²) in [6, 6.07) is 6.99. The second kappa shape index (κ2) is 9.82. The molecule has 1 aromatic carbocycles. The molecule has 0 radical (unpaired) electrons. The van der Waals surface area contributed by atoms with E-state index in [1.165, 1.54) is 0 Å². The molecule has 2 aromatic heterocycles. The van der Waals surface area contributed by atoms with Gasteiger partial charge in [0.2, 0.25) is 5.95 Å². The number of sulfonamides is 1. The first-order valence-corrected chi connectivity index (χ1v) is 13.3. The fourth-order valence-corrected chi connectivity index (χ4v) is 4.18. The number of fused-ring (bicyclic) bond motifs is 1. The monoisotopic (exact) mass is 499 g/mol. The lowest BCUT2D eigenvalue weighted by Crippen LogP contribution is -2.31. The van der Waals surface area contributed by atoms with E-state index in [1.807, 2.05) is 10.6 Å². The van der Waals surface area contributed by atoms with Gasteiger partial charge < -0.3 is 15.4 Å². The highest BCUT2D eigenvalue weighted by Gasteiger charge is 2.25. The highest BCUT2D eigenvalue weighted by Crippen LogP contribution is 2.31. The summed E-state index contributed by atoms with van der Waals surface area (Å²) in [6.07, 6.45) is 4.66. The molecule has 188 valence electrons. The van der Waals surface area contributed by atoms with Gasteiger partial charge in [0, 0.05) is 23.7 Å². The molecule has 0 spiro atoms. The van der Waals surface area contributed by atoms with Crippen molar-refractivity contribution in [3.8, 4) is 0 Å². The van der Waals surface area contributed by atoms with E-state index in [4.69, 9.17) is 14.7 Å². The Morgan fingerprint density at radius 1 is 1.23 bits per heavy atom. The van der Waals surface area contributed by atoms with Crippen LogP contribution in [0, 0.1) is 5.41 Å². The van der Waals surface area contributed by atoms with Gasteiger partial charge in [-0.05, 0) is 49.8 Å². The molecular formula is C24H33N7O3S. The van der Waals surface area contributed by atoms with Crippen LogP contribution in [0.5, 0.6) is 0 Å². The SMILES string of the molecule is C=CS(=O)(=O)Nc1cccc(Nc2nc(N[C@H](C)C(C)(C)C)c3ncn(C4CCCCO4)c3n2)c1. The number of rotatable bonds is 8. The van der Waals surface area contributed by atoms with Crippen LogP contribution in [-0.2, 0) is 14.8 Å². The second-order valence-electron chi connectivity index (χ2n) is 9.79. The Balaban J connectivity index is 1.72. The predicted molar refractivity (Wildman–Crippen MR) is 139 cm³/mol. The Hall–Kier alpha value is -3.18. The molecule has 3 N–H and O–H groups in total. The van der Waals surface area contributed by atoms with E-state index in [1.54, 1.807) is 24.5 Å². The summed E-state index contributed by atoms with van der Waals surface area (Å²) >= 11 is 0. The minimum atomic E-state index is -3.62. The van der Waals surface area contributed by atoms with E-state index in [9.17, 15) is 8.42 Å². The number of imidazole rings is 1. The first kappa shape index (κ1) is 24.9. The maximum Gasteiger partial charge on any atom is 0.254 e. The zero-order chi connectivity index (χ0) is 25.2. The van der Waals surface area contributed by atoms with Crippen molar-refractivity contribution in [3.63, 3.8) is 0 Å². The van der Waals surface area contributed by atoms with Crippen LogP contribution in [0.2, 0.25) is 0 Å². The lowest BCUT2D eigenvalue weighted by atomic mass is 9.88. The first-order chi connectivity index (χ1) is 16.6. The molecule has 4 rings (SSSR count). The van der Waals surface area contributed by atoms with Crippen LogP contribution < -0.4 is 15.4 Å². The Kier molecular flexibility index (Phi) is 7.00. The third kappa shape index (κ3) is 5.91. The number of hydrogen-bond donors (Lipinski definition) is 3. The molecule has 1 unspecified atom stereocenters. The lowest BCUT2D eigenvalue weighted by molar-refractivity contribution is -0.0298. The second-order valence-corrected chi connectivity index (χ2v) is 11.4. The largest absolute Gasteiger partial charge is 0.365 e. The average molecular weight is 500 g/mol. The van der Waals surface area contributed by atoms with Gasteiger partial charge in [-0.2, -0.15) is 9.97 Å². The predicted octanol–water partition coefficient (Wildman–Crippen LogP) is 5.00. The number of nitrogens with one attached hydrogen (secondary N) is 3. The van der Waals surface area contributed by atoms with Gasteiger partial charge in [-0.25, -0.2) is 13.4 Å². The topological polar surface area (TPSA) is 123 Å². The molecule has 10 nitrogen and oxygen atoms in total. The molecule has 11 heteroatoms. The molecule has 0 amide bonds. The smallest absolute Gasteiger partial charge is 0.254 e. The number of anilines is 4. The van der Waals surface area contributed by atoms with Gasteiger partial charge >= 0.3 is 0 Å². The minimum Gasteiger partial charge on any atom is -0.365 e. The summed E-state index contributed by atoms with van der Waals surface area (Å²) < 4.78 is 34.1. The number of hydrogen-bond acceptors (Lipinski definition) is 8. The van der Waals surface area contributed by atoms with E-state index in [2.05, 4.69) is 54.6 Å². The van der Waals surface area contributed by atoms with Crippen molar-refractivity contribution in [2.75, 3.05) is 22.0 Å². The van der Waals surface area contributed by atoms with Gasteiger partial charge in [-0.15, -0.1) is 0 Å². The van der Waals surface area contributed by atoms with Gasteiger partial charge in [0.25, 0.3) is 10.0 Å². The van der Waals surface area contributed by atoms with Gasteiger partial charge in [0.1, 0.15) is 6.23 Å². The summed E-state index contributed by atoms with van der Waals surface area (Å²) in [5, 5.41) is 7.58. The Morgan fingerprint density at radius 3 is 2.69 bits per heavy atom. The highest BCUT2D eigenvalue weighted by molar-refractivity contribution is 7.95. The fourth-order valence-electron chi connectivity index (χ4n) is 3.64. The summed E-state index contributed by atoms with van der Waals surface area (Å²) in [4.78, 5) is 14.1. The summed E-state index contributed by atoms with van der Waals surface area (Å²) in [5.74, 6) is 0.986. The fraction of sp³-hybridized carbons (Fsp3) is 0.458. The molecule has 1 saturated heterocycles. The molecule has 1 fully saturated rings. The molecule has 3 aromatic rings. The number of aromatic nitrogens is 4.